The van der Waals surface area contributed by atoms with Crippen LogP contribution in [0.5, 0.6) is 5.75 Å². The van der Waals surface area contributed by atoms with E-state index in [-0.39, 0.29) is 12.5 Å². The zero-order chi connectivity index (χ0) is 17.1. The molecule has 0 aromatic heterocycles. The van der Waals surface area contributed by atoms with Gasteiger partial charge in [-0.1, -0.05) is 17.7 Å². The Morgan fingerprint density at radius 3 is 2.50 bits per heavy atom. The lowest BCUT2D eigenvalue weighted by molar-refractivity contribution is -0.132. The Kier molecular flexibility index (Phi) is 5.41. The second kappa shape index (κ2) is 7.53. The third-order valence-electron chi connectivity index (χ3n) is 5.13. The molecule has 0 radical (unpaired) electrons. The van der Waals surface area contributed by atoms with Gasteiger partial charge in [-0.05, 0) is 38.3 Å². The first kappa shape index (κ1) is 17.2. The Balaban J connectivity index is 1.53. The van der Waals surface area contributed by atoms with Gasteiger partial charge in [0.15, 0.2) is 6.61 Å². The molecular weight excluding hydrogens is 302 g/mol. The van der Waals surface area contributed by atoms with Crippen LogP contribution in [0.2, 0.25) is 0 Å². The van der Waals surface area contributed by atoms with Crippen LogP contribution in [-0.4, -0.2) is 67.6 Å². The number of nitrogens with zero attached hydrogens (tertiary/aromatic N) is 2. The van der Waals surface area contributed by atoms with E-state index in [1.807, 2.05) is 18.7 Å². The predicted molar refractivity (Wildman–Crippen MR) is 95.6 cm³/mol. The van der Waals surface area contributed by atoms with Gasteiger partial charge in [0.1, 0.15) is 5.75 Å². The van der Waals surface area contributed by atoms with Gasteiger partial charge in [-0.25, -0.2) is 0 Å². The average Bonchev–Trinajstić information content (AvgIpc) is 3.04. The van der Waals surface area contributed by atoms with Crippen LogP contribution in [-0.2, 0) is 4.79 Å². The Morgan fingerprint density at radius 1 is 1.17 bits per heavy atom. The Labute approximate surface area is 145 Å². The van der Waals surface area contributed by atoms with Gasteiger partial charge in [0, 0.05) is 45.3 Å². The lowest BCUT2D eigenvalue weighted by atomic mass is 10.1. The molecule has 2 saturated heterocycles. The maximum absolute atomic E-state index is 12.5. The molecule has 1 unspecified atom stereocenters. The van der Waals surface area contributed by atoms with Crippen molar-refractivity contribution in [2.24, 2.45) is 0 Å². The second-order valence-electron chi connectivity index (χ2n) is 7.08. The summed E-state index contributed by atoms with van der Waals surface area (Å²) in [5.41, 5.74) is 3.42. The van der Waals surface area contributed by atoms with Crippen molar-refractivity contribution in [3.8, 4) is 5.75 Å². The van der Waals surface area contributed by atoms with Crippen LogP contribution in [0.15, 0.2) is 12.1 Å². The first-order valence-electron chi connectivity index (χ1n) is 8.98. The fourth-order valence-electron chi connectivity index (χ4n) is 3.93. The Morgan fingerprint density at radius 2 is 1.83 bits per heavy atom. The summed E-state index contributed by atoms with van der Waals surface area (Å²) < 4.78 is 5.86. The summed E-state index contributed by atoms with van der Waals surface area (Å²) in [5, 5.41) is 3.38. The number of carbonyl (C=O) groups is 1. The molecule has 5 nitrogen and oxygen atoms in total. The van der Waals surface area contributed by atoms with Crippen molar-refractivity contribution in [1.82, 2.24) is 15.1 Å². The smallest absolute Gasteiger partial charge is 0.260 e. The number of amides is 1. The van der Waals surface area contributed by atoms with Crippen LogP contribution in [0.1, 0.15) is 23.1 Å². The van der Waals surface area contributed by atoms with Crippen LogP contribution in [0.25, 0.3) is 0 Å². The molecule has 1 aromatic rings. The lowest BCUT2D eigenvalue weighted by Gasteiger charge is -2.32. The standard InChI is InChI=1S/C19H29N3O2/c1-14-10-15(2)19(16(3)11-14)24-13-18(23)22-7-4-17(12-22)21-8-5-20-6-9-21/h10-11,17,20H,4-9,12-13H2,1-3H3. The van der Waals surface area contributed by atoms with E-state index < -0.39 is 0 Å². The van der Waals surface area contributed by atoms with Crippen LogP contribution in [0.4, 0.5) is 0 Å². The van der Waals surface area contributed by atoms with E-state index in [9.17, 15) is 4.79 Å². The van der Waals surface area contributed by atoms with Crippen molar-refractivity contribution in [2.75, 3.05) is 45.9 Å². The fourth-order valence-corrected chi connectivity index (χ4v) is 3.93. The van der Waals surface area contributed by atoms with Gasteiger partial charge >= 0.3 is 0 Å². The number of likely N-dealkylation sites (tertiary alicyclic amines) is 1. The maximum Gasteiger partial charge on any atom is 0.260 e. The minimum Gasteiger partial charge on any atom is -0.483 e. The van der Waals surface area contributed by atoms with Crippen molar-refractivity contribution in [1.29, 1.82) is 0 Å². The summed E-state index contributed by atoms with van der Waals surface area (Å²) in [6, 6.07) is 4.71. The quantitative estimate of drug-likeness (QED) is 0.908. The number of hydrogen-bond acceptors (Lipinski definition) is 4. The second-order valence-corrected chi connectivity index (χ2v) is 7.08. The van der Waals surface area contributed by atoms with Gasteiger partial charge in [-0.2, -0.15) is 0 Å². The van der Waals surface area contributed by atoms with E-state index in [2.05, 4.69) is 29.3 Å². The molecule has 2 fully saturated rings. The highest BCUT2D eigenvalue weighted by Crippen LogP contribution is 2.25. The van der Waals surface area contributed by atoms with Gasteiger partial charge in [0.2, 0.25) is 0 Å². The molecule has 0 aliphatic carbocycles. The first-order chi connectivity index (χ1) is 11.5. The van der Waals surface area contributed by atoms with Gasteiger partial charge in [0.05, 0.1) is 0 Å². The molecule has 24 heavy (non-hydrogen) atoms. The van der Waals surface area contributed by atoms with Crippen molar-refractivity contribution in [2.45, 2.75) is 33.2 Å². The van der Waals surface area contributed by atoms with Gasteiger partial charge in [0.25, 0.3) is 5.91 Å². The minimum atomic E-state index is 0.104. The van der Waals surface area contributed by atoms with Crippen molar-refractivity contribution < 1.29 is 9.53 Å². The monoisotopic (exact) mass is 331 g/mol. The van der Waals surface area contributed by atoms with Gasteiger partial charge in [-0.15, -0.1) is 0 Å². The molecule has 1 amide bonds. The molecule has 1 atom stereocenters. The number of ether oxygens (including phenoxy) is 1. The summed E-state index contributed by atoms with van der Waals surface area (Å²) >= 11 is 0. The van der Waals surface area contributed by atoms with E-state index in [1.165, 1.54) is 5.56 Å². The first-order valence-corrected chi connectivity index (χ1v) is 8.98. The molecule has 2 aliphatic rings. The number of piperazine rings is 1. The molecule has 1 N–H and O–H groups in total. The largest absolute Gasteiger partial charge is 0.483 e. The Bertz CT molecular complexity index is 573. The summed E-state index contributed by atoms with van der Waals surface area (Å²) in [6.07, 6.45) is 1.08. The molecule has 0 saturated carbocycles. The van der Waals surface area contributed by atoms with Crippen molar-refractivity contribution in [3.05, 3.63) is 28.8 Å². The van der Waals surface area contributed by atoms with Crippen LogP contribution in [0, 0.1) is 20.8 Å². The third-order valence-corrected chi connectivity index (χ3v) is 5.13. The maximum atomic E-state index is 12.5. The number of aryl methyl sites for hydroxylation is 3. The number of nitrogens with one attached hydrogen (secondary N) is 1. The number of hydrogen-bond donors (Lipinski definition) is 1. The van der Waals surface area contributed by atoms with Gasteiger partial charge in [-0.3, -0.25) is 9.69 Å². The number of rotatable bonds is 4. The normalized spacial score (nSPS) is 22.0. The summed E-state index contributed by atoms with van der Waals surface area (Å²) in [7, 11) is 0. The van der Waals surface area contributed by atoms with E-state index in [0.717, 1.165) is 62.6 Å². The number of carbonyl (C=O) groups excluding carboxylic acids is 1. The van der Waals surface area contributed by atoms with E-state index in [0.29, 0.717) is 6.04 Å². The molecule has 3 rings (SSSR count). The van der Waals surface area contributed by atoms with Crippen LogP contribution >= 0.6 is 0 Å². The molecule has 0 spiro atoms. The average molecular weight is 331 g/mol. The predicted octanol–water partition coefficient (Wildman–Crippen LogP) is 1.50. The van der Waals surface area contributed by atoms with Crippen molar-refractivity contribution in [3.63, 3.8) is 0 Å². The molecule has 2 aliphatic heterocycles. The van der Waals surface area contributed by atoms with Crippen molar-refractivity contribution >= 4 is 5.91 Å². The highest BCUT2D eigenvalue weighted by Gasteiger charge is 2.31. The fraction of sp³-hybridized carbons (Fsp3) is 0.632. The third kappa shape index (κ3) is 3.90. The molecule has 2 heterocycles. The topological polar surface area (TPSA) is 44.8 Å². The van der Waals surface area contributed by atoms with E-state index in [1.54, 1.807) is 0 Å². The van der Waals surface area contributed by atoms with E-state index in [4.69, 9.17) is 4.74 Å². The van der Waals surface area contributed by atoms with Crippen LogP contribution in [0.3, 0.4) is 0 Å². The summed E-state index contributed by atoms with van der Waals surface area (Å²) in [4.78, 5) is 17.0. The van der Waals surface area contributed by atoms with Gasteiger partial charge < -0.3 is 15.0 Å². The minimum absolute atomic E-state index is 0.104. The molecule has 5 heteroatoms. The summed E-state index contributed by atoms with van der Waals surface area (Å²) in [6.45, 7) is 12.3. The molecule has 1 aromatic carbocycles. The zero-order valence-corrected chi connectivity index (χ0v) is 15.1. The highest BCUT2D eigenvalue weighted by molar-refractivity contribution is 5.78. The SMILES string of the molecule is Cc1cc(C)c(OCC(=O)N2CCC(N3CCNCC3)C2)c(C)c1. The molecular formula is C19H29N3O2. The zero-order valence-electron chi connectivity index (χ0n) is 15.1. The summed E-state index contributed by atoms with van der Waals surface area (Å²) in [5.74, 6) is 0.957. The molecule has 0 bridgehead atoms. The lowest BCUT2D eigenvalue weighted by Crippen LogP contribution is -2.49. The highest BCUT2D eigenvalue weighted by atomic mass is 16.5. The number of benzene rings is 1. The van der Waals surface area contributed by atoms with Crippen LogP contribution < -0.4 is 10.1 Å². The van der Waals surface area contributed by atoms with E-state index >= 15 is 0 Å². The molecule has 132 valence electrons. The Hall–Kier alpha value is -1.59.